The monoisotopic (exact) mass is 467 g/mol. The molecule has 3 aromatic rings. The second-order valence-electron chi connectivity index (χ2n) is 9.51. The van der Waals surface area contributed by atoms with Gasteiger partial charge in [0.25, 0.3) is 0 Å². The van der Waals surface area contributed by atoms with Crippen molar-refractivity contribution in [1.29, 1.82) is 0 Å². The van der Waals surface area contributed by atoms with Crippen LogP contribution in [-0.2, 0) is 11.3 Å². The van der Waals surface area contributed by atoms with Crippen molar-refractivity contribution in [3.8, 4) is 0 Å². The SMILES string of the molecule is Cc1cc(N2C[C@H]3CC[C@@H](C2)C3Nc2nc3n(n2)CCCO[C@@H]3c2cc(F)cc(F)c2)ncn1. The fourth-order valence-corrected chi connectivity index (χ4v) is 5.64. The first kappa shape index (κ1) is 21.4. The van der Waals surface area contributed by atoms with Crippen molar-refractivity contribution in [1.82, 2.24) is 24.7 Å². The summed E-state index contributed by atoms with van der Waals surface area (Å²) in [5.41, 5.74) is 1.38. The van der Waals surface area contributed by atoms with Crippen LogP contribution in [0.2, 0.25) is 0 Å². The summed E-state index contributed by atoms with van der Waals surface area (Å²) in [4.78, 5) is 15.8. The van der Waals surface area contributed by atoms with Crippen LogP contribution >= 0.6 is 0 Å². The van der Waals surface area contributed by atoms with Crippen molar-refractivity contribution in [2.75, 3.05) is 29.9 Å². The van der Waals surface area contributed by atoms with Crippen LogP contribution in [0, 0.1) is 30.4 Å². The van der Waals surface area contributed by atoms with Gasteiger partial charge in [-0.05, 0) is 55.7 Å². The van der Waals surface area contributed by atoms with Crippen molar-refractivity contribution in [3.63, 3.8) is 0 Å². The second kappa shape index (κ2) is 8.57. The van der Waals surface area contributed by atoms with E-state index in [4.69, 9.17) is 14.8 Å². The molecule has 178 valence electrons. The lowest BCUT2D eigenvalue weighted by Gasteiger charge is -2.38. The predicted octanol–water partition coefficient (Wildman–Crippen LogP) is 3.49. The van der Waals surface area contributed by atoms with E-state index in [0.717, 1.165) is 49.9 Å². The maximum atomic E-state index is 13.9. The number of ether oxygens (including phenoxy) is 1. The van der Waals surface area contributed by atoms with Crippen molar-refractivity contribution in [3.05, 3.63) is 59.3 Å². The Bertz CT molecular complexity index is 1170. The molecule has 1 aromatic carbocycles. The van der Waals surface area contributed by atoms with Crippen LogP contribution in [0.1, 0.15) is 42.4 Å². The Morgan fingerprint density at radius 3 is 2.53 bits per heavy atom. The average Bonchev–Trinajstić information content (AvgIpc) is 3.20. The Morgan fingerprint density at radius 1 is 1.03 bits per heavy atom. The van der Waals surface area contributed by atoms with Gasteiger partial charge < -0.3 is 15.0 Å². The molecule has 1 saturated heterocycles. The zero-order valence-corrected chi connectivity index (χ0v) is 19.0. The van der Waals surface area contributed by atoms with E-state index in [1.165, 1.54) is 12.1 Å². The number of benzene rings is 1. The van der Waals surface area contributed by atoms with E-state index in [1.54, 1.807) is 6.33 Å². The maximum absolute atomic E-state index is 13.9. The molecule has 2 aliphatic heterocycles. The van der Waals surface area contributed by atoms with Gasteiger partial charge in [-0.1, -0.05) is 0 Å². The highest BCUT2D eigenvalue weighted by molar-refractivity contribution is 5.42. The molecule has 34 heavy (non-hydrogen) atoms. The van der Waals surface area contributed by atoms with E-state index in [0.29, 0.717) is 42.3 Å². The molecule has 8 nitrogen and oxygen atoms in total. The minimum atomic E-state index is -0.657. The number of anilines is 2. The first-order valence-electron chi connectivity index (χ1n) is 11.9. The first-order valence-corrected chi connectivity index (χ1v) is 11.9. The zero-order valence-electron chi connectivity index (χ0n) is 19.0. The molecule has 2 fully saturated rings. The maximum Gasteiger partial charge on any atom is 0.242 e. The molecule has 0 amide bonds. The quantitative estimate of drug-likeness (QED) is 0.629. The minimum Gasteiger partial charge on any atom is -0.365 e. The molecule has 4 heterocycles. The Balaban J connectivity index is 1.22. The van der Waals surface area contributed by atoms with Crippen LogP contribution in [0.4, 0.5) is 20.5 Å². The summed E-state index contributed by atoms with van der Waals surface area (Å²) in [5.74, 6) is 1.77. The Kier molecular flexibility index (Phi) is 5.40. The lowest BCUT2D eigenvalue weighted by atomic mass is 9.92. The van der Waals surface area contributed by atoms with Gasteiger partial charge >= 0.3 is 0 Å². The zero-order chi connectivity index (χ0) is 23.2. The number of fused-ring (bicyclic) bond motifs is 3. The summed E-state index contributed by atoms with van der Waals surface area (Å²) >= 11 is 0. The average molecular weight is 468 g/mol. The third kappa shape index (κ3) is 4.00. The number of nitrogens with one attached hydrogen (secondary N) is 1. The van der Waals surface area contributed by atoms with E-state index in [1.807, 2.05) is 17.7 Å². The smallest absolute Gasteiger partial charge is 0.242 e. The number of aryl methyl sites for hydroxylation is 2. The summed E-state index contributed by atoms with van der Waals surface area (Å²) in [6.07, 6.45) is 4.01. The lowest BCUT2D eigenvalue weighted by molar-refractivity contribution is 0.0808. The van der Waals surface area contributed by atoms with Gasteiger partial charge in [-0.25, -0.2) is 23.4 Å². The summed E-state index contributed by atoms with van der Waals surface area (Å²) < 4.78 is 35.5. The topological polar surface area (TPSA) is 81.0 Å². The predicted molar refractivity (Wildman–Crippen MR) is 121 cm³/mol. The normalized spacial score (nSPS) is 26.3. The fraction of sp³-hybridized carbons (Fsp3) is 0.500. The minimum absolute atomic E-state index is 0.275. The van der Waals surface area contributed by atoms with Gasteiger partial charge in [-0.15, -0.1) is 5.10 Å². The standard InChI is InChI=1S/C24H27F2N7O/c1-14-7-20(28-13-27-14)32-11-15-3-4-16(12-32)21(15)29-24-30-23-22(34-6-2-5-33(23)31-24)17-8-18(25)10-19(26)9-17/h7-10,13,15-16,21-22H,2-6,11-12H2,1H3,(H,29,31)/t15-,16+,21?,22-/m1/s1. The van der Waals surface area contributed by atoms with E-state index < -0.39 is 17.7 Å². The molecule has 4 atom stereocenters. The summed E-state index contributed by atoms with van der Waals surface area (Å²) in [6.45, 7) is 4.95. The van der Waals surface area contributed by atoms with E-state index in [-0.39, 0.29) is 6.04 Å². The van der Waals surface area contributed by atoms with Gasteiger partial charge in [-0.2, -0.15) is 4.98 Å². The van der Waals surface area contributed by atoms with Gasteiger partial charge in [0, 0.05) is 50.1 Å². The van der Waals surface area contributed by atoms with Crippen molar-refractivity contribution in [2.24, 2.45) is 11.8 Å². The van der Waals surface area contributed by atoms with Crippen LogP contribution in [0.25, 0.3) is 0 Å². The van der Waals surface area contributed by atoms with Gasteiger partial charge in [-0.3, -0.25) is 0 Å². The number of hydrogen-bond donors (Lipinski definition) is 1. The number of rotatable bonds is 4. The molecule has 3 aliphatic rings. The molecule has 10 heteroatoms. The van der Waals surface area contributed by atoms with Crippen LogP contribution < -0.4 is 10.2 Å². The molecule has 1 N–H and O–H groups in total. The first-order chi connectivity index (χ1) is 16.5. The van der Waals surface area contributed by atoms with Gasteiger partial charge in [0.15, 0.2) is 5.82 Å². The molecule has 1 aliphatic carbocycles. The molecular formula is C24H27F2N7O. The largest absolute Gasteiger partial charge is 0.365 e. The number of piperidine rings is 1. The third-order valence-corrected chi connectivity index (χ3v) is 7.16. The summed E-state index contributed by atoms with van der Waals surface area (Å²) in [6, 6.07) is 5.78. The number of aromatic nitrogens is 5. The Hall–Kier alpha value is -3.14. The molecule has 0 spiro atoms. The molecule has 1 saturated carbocycles. The van der Waals surface area contributed by atoms with Crippen molar-refractivity contribution < 1.29 is 13.5 Å². The third-order valence-electron chi connectivity index (χ3n) is 7.16. The lowest BCUT2D eigenvalue weighted by Crippen LogP contribution is -2.48. The Morgan fingerprint density at radius 2 is 1.79 bits per heavy atom. The van der Waals surface area contributed by atoms with Crippen LogP contribution in [0.3, 0.4) is 0 Å². The van der Waals surface area contributed by atoms with Crippen LogP contribution in [-0.4, -0.2) is 50.5 Å². The fourth-order valence-electron chi connectivity index (χ4n) is 5.64. The molecule has 2 bridgehead atoms. The highest BCUT2D eigenvalue weighted by Gasteiger charge is 2.43. The number of nitrogens with zero attached hydrogens (tertiary/aromatic N) is 6. The van der Waals surface area contributed by atoms with E-state index >= 15 is 0 Å². The highest BCUT2D eigenvalue weighted by Crippen LogP contribution is 2.40. The van der Waals surface area contributed by atoms with Crippen LogP contribution in [0.5, 0.6) is 0 Å². The number of halogens is 2. The van der Waals surface area contributed by atoms with Gasteiger partial charge in [0.2, 0.25) is 5.95 Å². The van der Waals surface area contributed by atoms with Gasteiger partial charge in [0.1, 0.15) is 29.9 Å². The van der Waals surface area contributed by atoms with E-state index in [2.05, 4.69) is 20.2 Å². The van der Waals surface area contributed by atoms with Gasteiger partial charge in [0.05, 0.1) is 0 Å². The summed E-state index contributed by atoms with van der Waals surface area (Å²) in [5, 5.41) is 8.30. The molecule has 6 rings (SSSR count). The summed E-state index contributed by atoms with van der Waals surface area (Å²) in [7, 11) is 0. The van der Waals surface area contributed by atoms with Crippen molar-refractivity contribution >= 4 is 11.8 Å². The second-order valence-corrected chi connectivity index (χ2v) is 9.51. The highest BCUT2D eigenvalue weighted by atomic mass is 19.1. The Labute approximate surface area is 196 Å². The molecule has 0 radical (unpaired) electrons. The molecular weight excluding hydrogens is 440 g/mol. The van der Waals surface area contributed by atoms with Crippen LogP contribution in [0.15, 0.2) is 30.6 Å². The van der Waals surface area contributed by atoms with E-state index in [9.17, 15) is 8.78 Å². The van der Waals surface area contributed by atoms with Crippen molar-refractivity contribution in [2.45, 2.75) is 44.9 Å². The molecule has 1 unspecified atom stereocenters. The molecule has 2 aromatic heterocycles. The number of hydrogen-bond acceptors (Lipinski definition) is 7.